The highest BCUT2D eigenvalue weighted by Gasteiger charge is 2.38. The van der Waals surface area contributed by atoms with Crippen molar-refractivity contribution in [3.63, 3.8) is 0 Å². The van der Waals surface area contributed by atoms with Crippen molar-refractivity contribution in [3.05, 3.63) is 60.0 Å². The lowest BCUT2D eigenvalue weighted by Crippen LogP contribution is -2.29. The summed E-state index contributed by atoms with van der Waals surface area (Å²) >= 11 is 0. The lowest BCUT2D eigenvalue weighted by Gasteiger charge is -2.13. The molecule has 2 N–H and O–H groups in total. The van der Waals surface area contributed by atoms with Crippen LogP contribution in [0.25, 0.3) is 11.3 Å². The van der Waals surface area contributed by atoms with Crippen LogP contribution in [0.1, 0.15) is 17.2 Å². The van der Waals surface area contributed by atoms with Gasteiger partial charge in [0, 0.05) is 50.4 Å². The van der Waals surface area contributed by atoms with Gasteiger partial charge in [0.25, 0.3) is 0 Å². The maximum Gasteiger partial charge on any atom is 0.222 e. The van der Waals surface area contributed by atoms with Gasteiger partial charge in [-0.05, 0) is 5.56 Å². The fourth-order valence-electron chi connectivity index (χ4n) is 3.63. The van der Waals surface area contributed by atoms with E-state index in [4.69, 9.17) is 10.3 Å². The average molecular weight is 351 g/mol. The molecule has 1 aromatic carbocycles. The Labute approximate surface area is 151 Å². The van der Waals surface area contributed by atoms with Gasteiger partial charge in [0.15, 0.2) is 5.76 Å². The van der Waals surface area contributed by atoms with E-state index < -0.39 is 0 Å². The molecule has 0 saturated carbocycles. The highest BCUT2D eigenvalue weighted by atomic mass is 16.5. The summed E-state index contributed by atoms with van der Waals surface area (Å²) in [6.45, 7) is 1.98. The fourth-order valence-corrected chi connectivity index (χ4v) is 3.63. The van der Waals surface area contributed by atoms with E-state index in [0.29, 0.717) is 13.1 Å². The number of likely N-dealkylation sites (tertiary alicyclic amines) is 1. The molecule has 4 rings (SSSR count). The van der Waals surface area contributed by atoms with Crippen LogP contribution < -0.4 is 5.73 Å². The standard InChI is InChI=1S/C19H21N5O2/c1-23-9-14(8-21-23)16-11-24(12-17(16)19(20)25)10-15-7-18(26-22-15)13-5-3-2-4-6-13/h2-9,16-17H,10-12H2,1H3,(H2,20,25)/t16-,17+/m1/s1. The lowest BCUT2D eigenvalue weighted by molar-refractivity contribution is -0.121. The first-order chi connectivity index (χ1) is 12.6. The molecule has 0 radical (unpaired) electrons. The summed E-state index contributed by atoms with van der Waals surface area (Å²) in [5, 5.41) is 8.40. The number of amides is 1. The molecule has 3 aromatic rings. The normalized spacial score (nSPS) is 20.5. The number of aryl methyl sites for hydroxylation is 1. The Balaban J connectivity index is 1.49. The number of hydrogen-bond acceptors (Lipinski definition) is 5. The maximum atomic E-state index is 11.9. The third kappa shape index (κ3) is 3.25. The quantitative estimate of drug-likeness (QED) is 0.757. The highest BCUT2D eigenvalue weighted by Crippen LogP contribution is 2.33. The smallest absolute Gasteiger partial charge is 0.222 e. The van der Waals surface area contributed by atoms with Crippen LogP contribution in [0, 0.1) is 5.92 Å². The van der Waals surface area contributed by atoms with Crippen LogP contribution in [0.15, 0.2) is 53.3 Å². The molecule has 1 amide bonds. The zero-order valence-corrected chi connectivity index (χ0v) is 14.6. The number of carbonyl (C=O) groups is 1. The van der Waals surface area contributed by atoms with E-state index in [1.54, 1.807) is 4.68 Å². The maximum absolute atomic E-state index is 11.9. The highest BCUT2D eigenvalue weighted by molar-refractivity contribution is 5.78. The number of benzene rings is 1. The molecule has 26 heavy (non-hydrogen) atoms. The van der Waals surface area contributed by atoms with Crippen molar-refractivity contribution < 1.29 is 9.32 Å². The number of aromatic nitrogens is 3. The molecule has 0 bridgehead atoms. The third-order valence-electron chi connectivity index (χ3n) is 4.92. The van der Waals surface area contributed by atoms with Gasteiger partial charge < -0.3 is 10.3 Å². The summed E-state index contributed by atoms with van der Waals surface area (Å²) in [4.78, 5) is 14.1. The Kier molecular flexibility index (Phi) is 4.30. The van der Waals surface area contributed by atoms with Crippen molar-refractivity contribution >= 4 is 5.91 Å². The molecule has 0 spiro atoms. The average Bonchev–Trinajstić information content (AvgIpc) is 3.35. The largest absolute Gasteiger partial charge is 0.369 e. The van der Waals surface area contributed by atoms with Crippen molar-refractivity contribution in [2.75, 3.05) is 13.1 Å². The van der Waals surface area contributed by atoms with Crippen LogP contribution in [0.5, 0.6) is 0 Å². The molecule has 0 unspecified atom stereocenters. The first kappa shape index (κ1) is 16.5. The number of carbonyl (C=O) groups excluding carboxylic acids is 1. The van der Waals surface area contributed by atoms with Crippen LogP contribution in [-0.2, 0) is 18.4 Å². The van der Waals surface area contributed by atoms with E-state index in [0.717, 1.165) is 29.1 Å². The van der Waals surface area contributed by atoms with Gasteiger partial charge in [0.05, 0.1) is 17.8 Å². The van der Waals surface area contributed by atoms with E-state index in [-0.39, 0.29) is 17.7 Å². The van der Waals surface area contributed by atoms with E-state index in [2.05, 4.69) is 15.2 Å². The predicted molar refractivity (Wildman–Crippen MR) is 95.8 cm³/mol. The number of nitrogens with zero attached hydrogens (tertiary/aromatic N) is 4. The van der Waals surface area contributed by atoms with Crippen LogP contribution in [0.3, 0.4) is 0 Å². The summed E-state index contributed by atoms with van der Waals surface area (Å²) in [6, 6.07) is 11.8. The first-order valence-electron chi connectivity index (χ1n) is 8.61. The van der Waals surface area contributed by atoms with Gasteiger partial charge >= 0.3 is 0 Å². The minimum absolute atomic E-state index is 0.0571. The molecule has 134 valence electrons. The molecule has 1 aliphatic heterocycles. The van der Waals surface area contributed by atoms with Crippen molar-refractivity contribution in [3.8, 4) is 11.3 Å². The van der Waals surface area contributed by atoms with Gasteiger partial charge in [-0.2, -0.15) is 5.10 Å². The minimum Gasteiger partial charge on any atom is -0.369 e. The van der Waals surface area contributed by atoms with E-state index in [1.165, 1.54) is 0 Å². The van der Waals surface area contributed by atoms with Crippen molar-refractivity contribution in [2.45, 2.75) is 12.5 Å². The van der Waals surface area contributed by atoms with Crippen molar-refractivity contribution in [1.82, 2.24) is 19.8 Å². The summed E-state index contributed by atoms with van der Waals surface area (Å²) < 4.78 is 7.22. The molecular weight excluding hydrogens is 330 g/mol. The number of primary amides is 1. The summed E-state index contributed by atoms with van der Waals surface area (Å²) in [5.41, 5.74) is 8.53. The molecule has 7 heteroatoms. The molecule has 1 saturated heterocycles. The van der Waals surface area contributed by atoms with E-state index in [1.807, 2.05) is 55.8 Å². The molecule has 1 aliphatic rings. The molecule has 2 atom stereocenters. The SMILES string of the molecule is Cn1cc([C@H]2CN(Cc3cc(-c4ccccc4)on3)C[C@@H]2C(N)=O)cn1. The Morgan fingerprint density at radius 1 is 1.31 bits per heavy atom. The van der Waals surface area contributed by atoms with Gasteiger partial charge in [-0.15, -0.1) is 0 Å². The molecule has 7 nitrogen and oxygen atoms in total. The summed E-state index contributed by atoms with van der Waals surface area (Å²) in [7, 11) is 1.87. The van der Waals surface area contributed by atoms with Crippen molar-refractivity contribution in [1.29, 1.82) is 0 Å². The number of rotatable bonds is 5. The second kappa shape index (κ2) is 6.76. The van der Waals surface area contributed by atoms with Gasteiger partial charge in [-0.3, -0.25) is 14.4 Å². The Hall–Kier alpha value is -2.93. The van der Waals surface area contributed by atoms with Crippen LogP contribution in [-0.4, -0.2) is 38.8 Å². The van der Waals surface area contributed by atoms with Gasteiger partial charge in [0.2, 0.25) is 5.91 Å². The first-order valence-corrected chi connectivity index (χ1v) is 8.61. The monoisotopic (exact) mass is 351 g/mol. The molecular formula is C19H21N5O2. The molecule has 0 aliphatic carbocycles. The topological polar surface area (TPSA) is 90.2 Å². The number of nitrogens with two attached hydrogens (primary N) is 1. The van der Waals surface area contributed by atoms with Crippen LogP contribution in [0.4, 0.5) is 0 Å². The van der Waals surface area contributed by atoms with Crippen LogP contribution in [0.2, 0.25) is 0 Å². The minimum atomic E-state index is -0.272. The third-order valence-corrected chi connectivity index (χ3v) is 4.92. The summed E-state index contributed by atoms with van der Waals surface area (Å²) in [5.74, 6) is 0.308. The lowest BCUT2D eigenvalue weighted by atomic mass is 9.90. The van der Waals surface area contributed by atoms with E-state index >= 15 is 0 Å². The number of hydrogen-bond donors (Lipinski definition) is 1. The zero-order chi connectivity index (χ0) is 18.1. The van der Waals surface area contributed by atoms with Gasteiger partial charge in [-0.1, -0.05) is 35.5 Å². The van der Waals surface area contributed by atoms with Crippen molar-refractivity contribution in [2.24, 2.45) is 18.7 Å². The Morgan fingerprint density at radius 3 is 2.81 bits per heavy atom. The second-order valence-electron chi connectivity index (χ2n) is 6.81. The molecule has 1 fully saturated rings. The van der Waals surface area contributed by atoms with Crippen LogP contribution >= 0.6 is 0 Å². The Bertz CT molecular complexity index is 902. The molecule has 2 aromatic heterocycles. The fraction of sp³-hybridized carbons (Fsp3) is 0.316. The summed E-state index contributed by atoms with van der Waals surface area (Å²) in [6.07, 6.45) is 3.77. The van der Waals surface area contributed by atoms with Gasteiger partial charge in [-0.25, -0.2) is 0 Å². The molecule has 3 heterocycles. The second-order valence-corrected chi connectivity index (χ2v) is 6.81. The van der Waals surface area contributed by atoms with E-state index in [9.17, 15) is 4.79 Å². The zero-order valence-electron chi connectivity index (χ0n) is 14.6. The van der Waals surface area contributed by atoms with Gasteiger partial charge in [0.1, 0.15) is 0 Å². The Morgan fingerprint density at radius 2 is 2.12 bits per heavy atom. The predicted octanol–water partition coefficient (Wildman–Crippen LogP) is 1.78.